The first-order chi connectivity index (χ1) is 12.3. The Hall–Kier alpha value is -3.04. The second-order valence-electron chi connectivity index (χ2n) is 5.63. The van der Waals surface area contributed by atoms with Crippen molar-refractivity contribution in [3.05, 3.63) is 22.7 Å². The summed E-state index contributed by atoms with van der Waals surface area (Å²) in [7, 11) is 4.18. The van der Waals surface area contributed by atoms with Crippen LogP contribution < -0.4 is 0 Å². The molecule has 0 amide bonds. The summed E-state index contributed by atoms with van der Waals surface area (Å²) in [5, 5.41) is 20.9. The number of aliphatic hydroxyl groups is 2. The van der Waals surface area contributed by atoms with Crippen molar-refractivity contribution in [2.45, 2.75) is 0 Å². The second kappa shape index (κ2) is 7.06. The maximum Gasteiger partial charge on any atom is 0.337 e. The lowest BCUT2D eigenvalue weighted by atomic mass is 9.81. The van der Waals surface area contributed by atoms with Crippen molar-refractivity contribution < 1.29 is 48.3 Å². The number of hydrogen-bond donors (Lipinski definition) is 2. The Kier molecular flexibility index (Phi) is 5.24. The van der Waals surface area contributed by atoms with Crippen LogP contribution in [0.5, 0.6) is 0 Å². The van der Waals surface area contributed by atoms with Crippen molar-refractivity contribution in [2.75, 3.05) is 28.4 Å². The quantitative estimate of drug-likeness (QED) is 0.503. The monoisotopic (exact) mass is 370 g/mol. The van der Waals surface area contributed by atoms with Crippen molar-refractivity contribution in [2.24, 2.45) is 23.7 Å². The predicted molar refractivity (Wildman–Crippen MR) is 81.3 cm³/mol. The largest absolute Gasteiger partial charge is 0.511 e. The van der Waals surface area contributed by atoms with Crippen molar-refractivity contribution >= 4 is 23.9 Å². The van der Waals surface area contributed by atoms with E-state index in [0.29, 0.717) is 0 Å². The molecule has 10 nitrogen and oxygen atoms in total. The number of ether oxygens (including phenoxy) is 4. The van der Waals surface area contributed by atoms with Crippen molar-refractivity contribution in [1.82, 2.24) is 0 Å². The second-order valence-corrected chi connectivity index (χ2v) is 5.63. The molecule has 10 heteroatoms. The molecule has 0 aliphatic heterocycles. The van der Waals surface area contributed by atoms with E-state index in [1.165, 1.54) is 0 Å². The van der Waals surface area contributed by atoms with Crippen LogP contribution in [0.25, 0.3) is 0 Å². The summed E-state index contributed by atoms with van der Waals surface area (Å²) < 4.78 is 18.5. The van der Waals surface area contributed by atoms with E-state index in [2.05, 4.69) is 18.9 Å². The van der Waals surface area contributed by atoms with E-state index in [1.807, 2.05) is 0 Å². The van der Waals surface area contributed by atoms with Gasteiger partial charge in [-0.15, -0.1) is 0 Å². The predicted octanol–water partition coefficient (Wildman–Crippen LogP) is -0.205. The number of carbonyl (C=O) groups is 4. The minimum absolute atomic E-state index is 0.409. The van der Waals surface area contributed by atoms with Gasteiger partial charge in [0.2, 0.25) is 0 Å². The van der Waals surface area contributed by atoms with Crippen LogP contribution in [0, 0.1) is 23.7 Å². The lowest BCUT2D eigenvalue weighted by Gasteiger charge is -2.21. The van der Waals surface area contributed by atoms with Crippen LogP contribution in [0.15, 0.2) is 22.7 Å². The average molecular weight is 370 g/mol. The molecular formula is C16H18O10. The smallest absolute Gasteiger partial charge is 0.337 e. The van der Waals surface area contributed by atoms with Crippen molar-refractivity contribution in [3.8, 4) is 0 Å². The highest BCUT2D eigenvalue weighted by molar-refractivity contribution is 6.00. The Morgan fingerprint density at radius 2 is 0.962 bits per heavy atom. The van der Waals surface area contributed by atoms with Crippen LogP contribution in [-0.4, -0.2) is 62.5 Å². The molecule has 4 atom stereocenters. The van der Waals surface area contributed by atoms with Gasteiger partial charge in [-0.05, 0) is 0 Å². The molecule has 0 fully saturated rings. The van der Waals surface area contributed by atoms with Gasteiger partial charge in [0.15, 0.2) is 0 Å². The van der Waals surface area contributed by atoms with Gasteiger partial charge in [0.05, 0.1) is 39.6 Å². The third kappa shape index (κ3) is 2.57. The summed E-state index contributed by atoms with van der Waals surface area (Å²) in [6, 6.07) is 0. The molecule has 26 heavy (non-hydrogen) atoms. The molecule has 2 aliphatic rings. The number of methoxy groups -OCH3 is 4. The zero-order valence-electron chi connectivity index (χ0n) is 14.5. The number of hydrogen-bond acceptors (Lipinski definition) is 10. The van der Waals surface area contributed by atoms with Crippen molar-refractivity contribution in [3.63, 3.8) is 0 Å². The summed E-state index contributed by atoms with van der Waals surface area (Å²) in [6.07, 6.45) is 0. The number of fused-ring (bicyclic) bond motifs is 1. The molecule has 0 aromatic heterocycles. The van der Waals surface area contributed by atoms with Crippen LogP contribution in [0.2, 0.25) is 0 Å². The van der Waals surface area contributed by atoms with Gasteiger partial charge in [-0.3, -0.25) is 9.59 Å². The van der Waals surface area contributed by atoms with Gasteiger partial charge in [0, 0.05) is 11.8 Å². The minimum atomic E-state index is -1.50. The molecule has 142 valence electrons. The fourth-order valence-corrected chi connectivity index (χ4v) is 3.60. The van der Waals surface area contributed by atoms with E-state index >= 15 is 0 Å². The highest BCUT2D eigenvalue weighted by Gasteiger charge is 2.63. The van der Waals surface area contributed by atoms with Crippen molar-refractivity contribution in [1.29, 1.82) is 0 Å². The molecule has 0 bridgehead atoms. The van der Waals surface area contributed by atoms with Gasteiger partial charge in [-0.25, -0.2) is 9.59 Å². The lowest BCUT2D eigenvalue weighted by molar-refractivity contribution is -0.150. The van der Waals surface area contributed by atoms with Gasteiger partial charge >= 0.3 is 23.9 Å². The maximum absolute atomic E-state index is 12.2. The molecule has 2 aliphatic carbocycles. The highest BCUT2D eigenvalue weighted by atomic mass is 16.5. The Bertz CT molecular complexity index is 669. The molecule has 0 spiro atoms. The van der Waals surface area contributed by atoms with Gasteiger partial charge in [0.1, 0.15) is 23.4 Å². The molecule has 2 rings (SSSR count). The Morgan fingerprint density at radius 1 is 0.654 bits per heavy atom. The fraction of sp³-hybridized carbons (Fsp3) is 0.500. The van der Waals surface area contributed by atoms with Crippen LogP contribution in [0.3, 0.4) is 0 Å². The molecule has 0 aromatic rings. The first-order valence-electron chi connectivity index (χ1n) is 7.45. The van der Waals surface area contributed by atoms with Crippen LogP contribution in [0.1, 0.15) is 0 Å². The summed E-state index contributed by atoms with van der Waals surface area (Å²) in [5.74, 6) is -10.8. The molecule has 0 radical (unpaired) electrons. The summed E-state index contributed by atoms with van der Waals surface area (Å²) in [6.45, 7) is 0. The number of rotatable bonds is 4. The van der Waals surface area contributed by atoms with E-state index in [9.17, 15) is 29.4 Å². The molecule has 0 aromatic carbocycles. The SMILES string of the molecule is COC(=O)C1=C(O)[C@H](C(=O)OC)[C@H]2C(C(=O)OC)=C(O)[C@@H](C(=O)OC)[C@@H]12. The van der Waals surface area contributed by atoms with Crippen LogP contribution >= 0.6 is 0 Å². The summed E-state index contributed by atoms with van der Waals surface area (Å²) >= 11 is 0. The van der Waals surface area contributed by atoms with E-state index < -0.39 is 70.2 Å². The zero-order chi connectivity index (χ0) is 19.8. The van der Waals surface area contributed by atoms with E-state index in [-0.39, 0.29) is 0 Å². The first-order valence-corrected chi connectivity index (χ1v) is 7.45. The molecule has 0 unspecified atom stereocenters. The number of carbonyl (C=O) groups excluding carboxylic acids is 4. The van der Waals surface area contributed by atoms with Crippen LogP contribution in [0.4, 0.5) is 0 Å². The van der Waals surface area contributed by atoms with E-state index in [4.69, 9.17) is 0 Å². The topological polar surface area (TPSA) is 146 Å². The van der Waals surface area contributed by atoms with E-state index in [1.54, 1.807) is 0 Å². The molecule has 0 saturated carbocycles. The summed E-state index contributed by atoms with van der Waals surface area (Å²) in [4.78, 5) is 48.7. The third-order valence-corrected chi connectivity index (χ3v) is 4.63. The fourth-order valence-electron chi connectivity index (χ4n) is 3.60. The Balaban J connectivity index is 2.74. The Labute approximate surface area is 148 Å². The molecular weight excluding hydrogens is 352 g/mol. The first kappa shape index (κ1) is 19.3. The maximum atomic E-state index is 12.2. The van der Waals surface area contributed by atoms with Gasteiger partial charge in [-0.1, -0.05) is 0 Å². The highest BCUT2D eigenvalue weighted by Crippen LogP contribution is 2.56. The summed E-state index contributed by atoms with van der Waals surface area (Å²) in [5.41, 5.74) is -0.817. The Morgan fingerprint density at radius 3 is 1.19 bits per heavy atom. The van der Waals surface area contributed by atoms with E-state index in [0.717, 1.165) is 28.4 Å². The standard InChI is InChI=1S/C16H18O10/c1-23-13(19)7-5-6(9(11(7)17)15(21)25-3)10(16(22)26-4)12(18)8(5)14(20)24-2/h5-7,10,17-18H,1-4H3/t5-,6+,7-,10+/m0/s1. The zero-order valence-corrected chi connectivity index (χ0v) is 14.5. The molecule has 0 saturated heterocycles. The lowest BCUT2D eigenvalue weighted by Crippen LogP contribution is -2.32. The number of esters is 4. The van der Waals surface area contributed by atoms with Gasteiger partial charge in [-0.2, -0.15) is 0 Å². The molecule has 2 N–H and O–H groups in total. The normalized spacial score (nSPS) is 27.1. The van der Waals surface area contributed by atoms with Crippen LogP contribution in [-0.2, 0) is 38.1 Å². The van der Waals surface area contributed by atoms with Gasteiger partial charge < -0.3 is 29.2 Å². The third-order valence-electron chi connectivity index (χ3n) is 4.63. The average Bonchev–Trinajstić information content (AvgIpc) is 3.08. The van der Waals surface area contributed by atoms with Gasteiger partial charge in [0.25, 0.3) is 0 Å². The minimum Gasteiger partial charge on any atom is -0.511 e. The molecule has 0 heterocycles. The number of aliphatic hydroxyl groups excluding tert-OH is 2.